The SMILES string of the molecule is COc1ccc(C2=NN(C(=O)N(c3ccccc3)[N+](=O)[O-])C[C@@H]2C(C)c2ccccc2)cc1. The molecule has 0 N–H and O–H groups in total. The minimum Gasteiger partial charge on any atom is -0.497 e. The second-order valence-corrected chi connectivity index (χ2v) is 7.77. The Kier molecular flexibility index (Phi) is 6.35. The molecule has 1 aliphatic rings. The van der Waals surface area contributed by atoms with Gasteiger partial charge >= 0.3 is 6.03 Å². The molecule has 0 aliphatic carbocycles. The Balaban J connectivity index is 1.71. The summed E-state index contributed by atoms with van der Waals surface area (Å²) >= 11 is 0. The fraction of sp³-hybridized carbons (Fsp3) is 0.200. The second-order valence-electron chi connectivity index (χ2n) is 7.77. The van der Waals surface area contributed by atoms with Crippen molar-refractivity contribution in [3.05, 3.63) is 106 Å². The molecule has 168 valence electrons. The average Bonchev–Trinajstić information content (AvgIpc) is 3.30. The highest BCUT2D eigenvalue weighted by molar-refractivity contribution is 6.05. The number of urea groups is 1. The molecule has 0 fully saturated rings. The van der Waals surface area contributed by atoms with Crippen molar-refractivity contribution in [2.45, 2.75) is 12.8 Å². The maximum atomic E-state index is 13.3. The first-order chi connectivity index (χ1) is 16.0. The summed E-state index contributed by atoms with van der Waals surface area (Å²) in [6, 6.07) is 24.7. The molecular weight excluding hydrogens is 420 g/mol. The van der Waals surface area contributed by atoms with E-state index in [1.165, 1.54) is 17.1 Å². The largest absolute Gasteiger partial charge is 0.497 e. The summed E-state index contributed by atoms with van der Waals surface area (Å²) in [6.07, 6.45) is 0. The number of methoxy groups -OCH3 is 1. The topological polar surface area (TPSA) is 88.3 Å². The fourth-order valence-corrected chi connectivity index (χ4v) is 4.01. The van der Waals surface area contributed by atoms with Gasteiger partial charge in [0.15, 0.2) is 5.03 Å². The van der Waals surface area contributed by atoms with Crippen molar-refractivity contribution in [1.82, 2.24) is 5.01 Å². The number of carbonyl (C=O) groups is 1. The lowest BCUT2D eigenvalue weighted by Crippen LogP contribution is -2.44. The molecule has 33 heavy (non-hydrogen) atoms. The van der Waals surface area contributed by atoms with Gasteiger partial charge in [0, 0.05) is 5.92 Å². The number of benzene rings is 3. The maximum Gasteiger partial charge on any atom is 0.403 e. The van der Waals surface area contributed by atoms with Crippen LogP contribution in [0.3, 0.4) is 0 Å². The Morgan fingerprint density at radius 2 is 1.67 bits per heavy atom. The number of ether oxygens (including phenoxy) is 1. The Morgan fingerprint density at radius 3 is 2.24 bits per heavy atom. The van der Waals surface area contributed by atoms with Crippen molar-refractivity contribution in [2.24, 2.45) is 11.0 Å². The second kappa shape index (κ2) is 9.52. The van der Waals surface area contributed by atoms with Crippen LogP contribution in [0.15, 0.2) is 90.0 Å². The number of hydrazone groups is 1. The number of rotatable bonds is 6. The van der Waals surface area contributed by atoms with Gasteiger partial charge in [0.2, 0.25) is 0 Å². The molecule has 3 aromatic carbocycles. The molecule has 0 spiro atoms. The Labute approximate surface area is 191 Å². The predicted molar refractivity (Wildman–Crippen MR) is 126 cm³/mol. The van der Waals surface area contributed by atoms with Gasteiger partial charge in [0.05, 0.1) is 19.4 Å². The number of nitrogens with zero attached hydrogens (tertiary/aromatic N) is 4. The van der Waals surface area contributed by atoms with Gasteiger partial charge in [0.1, 0.15) is 11.4 Å². The Morgan fingerprint density at radius 1 is 1.06 bits per heavy atom. The molecule has 1 heterocycles. The van der Waals surface area contributed by atoms with Crippen LogP contribution in [0.5, 0.6) is 5.75 Å². The van der Waals surface area contributed by atoms with Crippen LogP contribution in [-0.2, 0) is 0 Å². The quantitative estimate of drug-likeness (QED) is 0.397. The van der Waals surface area contributed by atoms with Gasteiger partial charge in [-0.3, -0.25) is 0 Å². The molecule has 2 amide bonds. The number of nitro groups is 1. The standard InChI is InChI=1S/C25H24N4O4/c1-18(19-9-5-3-6-10-19)23-17-27(26-24(23)20-13-15-22(33-2)16-14-20)25(30)28(29(31)32)21-11-7-4-8-12-21/h3-16,18,23H,17H2,1-2H3/t18?,23-/m1/s1. The Bertz CT molecular complexity index is 1150. The van der Waals surface area contributed by atoms with Crippen LogP contribution < -0.4 is 9.75 Å². The minimum atomic E-state index is -0.806. The van der Waals surface area contributed by atoms with Crippen LogP contribution in [-0.4, -0.2) is 35.4 Å². The van der Waals surface area contributed by atoms with Crippen molar-refractivity contribution < 1.29 is 14.6 Å². The molecule has 2 atom stereocenters. The summed E-state index contributed by atoms with van der Waals surface area (Å²) < 4.78 is 5.26. The van der Waals surface area contributed by atoms with Crippen molar-refractivity contribution in [3.8, 4) is 5.75 Å². The molecule has 0 radical (unpaired) electrons. The zero-order chi connectivity index (χ0) is 23.4. The van der Waals surface area contributed by atoms with E-state index in [4.69, 9.17) is 4.74 Å². The fourth-order valence-electron chi connectivity index (χ4n) is 4.01. The molecular formula is C25H24N4O4. The van der Waals surface area contributed by atoms with E-state index < -0.39 is 11.1 Å². The Hall–Kier alpha value is -4.20. The number of hydrazine groups is 1. The summed E-state index contributed by atoms with van der Waals surface area (Å²) in [5, 5.41) is 17.4. The number of anilines is 1. The van der Waals surface area contributed by atoms with E-state index in [2.05, 4.69) is 12.0 Å². The summed E-state index contributed by atoms with van der Waals surface area (Å²) in [5.41, 5.74) is 2.82. The first kappa shape index (κ1) is 22.0. The lowest BCUT2D eigenvalue weighted by Gasteiger charge is -2.22. The van der Waals surface area contributed by atoms with Gasteiger partial charge < -0.3 is 4.74 Å². The monoisotopic (exact) mass is 444 g/mol. The third-order valence-electron chi connectivity index (χ3n) is 5.83. The van der Waals surface area contributed by atoms with Gasteiger partial charge in [-0.15, -0.1) is 0 Å². The van der Waals surface area contributed by atoms with E-state index >= 15 is 0 Å². The first-order valence-electron chi connectivity index (χ1n) is 10.6. The number of hydrogen-bond acceptors (Lipinski definition) is 5. The highest BCUT2D eigenvalue weighted by Gasteiger charge is 2.40. The number of hydrogen-bond donors (Lipinski definition) is 0. The van der Waals surface area contributed by atoms with Gasteiger partial charge in [-0.2, -0.15) is 5.10 Å². The van der Waals surface area contributed by atoms with Crippen LogP contribution in [0.1, 0.15) is 24.0 Å². The highest BCUT2D eigenvalue weighted by atomic mass is 16.7. The van der Waals surface area contributed by atoms with Gasteiger partial charge in [-0.1, -0.05) is 55.5 Å². The van der Waals surface area contributed by atoms with E-state index in [0.29, 0.717) is 16.5 Å². The maximum absolute atomic E-state index is 13.3. The smallest absolute Gasteiger partial charge is 0.403 e. The summed E-state index contributed by atoms with van der Waals surface area (Å²) in [4.78, 5) is 25.0. The van der Waals surface area contributed by atoms with E-state index in [9.17, 15) is 14.9 Å². The number of carbonyl (C=O) groups excluding carboxylic acids is 1. The first-order valence-corrected chi connectivity index (χ1v) is 10.6. The van der Waals surface area contributed by atoms with Crippen LogP contribution >= 0.6 is 0 Å². The molecule has 4 rings (SSSR count). The summed E-state index contributed by atoms with van der Waals surface area (Å²) in [6.45, 7) is 2.31. The zero-order valence-electron chi connectivity index (χ0n) is 18.4. The lowest BCUT2D eigenvalue weighted by atomic mass is 9.82. The summed E-state index contributed by atoms with van der Waals surface area (Å²) in [5.74, 6) is 0.598. The van der Waals surface area contributed by atoms with Crippen molar-refractivity contribution >= 4 is 17.4 Å². The molecule has 0 saturated carbocycles. The van der Waals surface area contributed by atoms with E-state index in [0.717, 1.165) is 11.1 Å². The molecule has 0 saturated heterocycles. The van der Waals surface area contributed by atoms with Crippen molar-refractivity contribution in [2.75, 3.05) is 18.7 Å². The van der Waals surface area contributed by atoms with Crippen LogP contribution in [0.4, 0.5) is 10.5 Å². The van der Waals surface area contributed by atoms with Crippen LogP contribution in [0.2, 0.25) is 0 Å². The van der Waals surface area contributed by atoms with E-state index in [-0.39, 0.29) is 24.1 Å². The predicted octanol–water partition coefficient (Wildman–Crippen LogP) is 4.95. The highest BCUT2D eigenvalue weighted by Crippen LogP contribution is 2.34. The molecule has 8 nitrogen and oxygen atoms in total. The lowest BCUT2D eigenvalue weighted by molar-refractivity contribution is -0.482. The summed E-state index contributed by atoms with van der Waals surface area (Å²) in [7, 11) is 1.60. The molecule has 8 heteroatoms. The van der Waals surface area contributed by atoms with E-state index in [1.54, 1.807) is 25.3 Å². The normalized spacial score (nSPS) is 16.1. The molecule has 0 aromatic heterocycles. The van der Waals surface area contributed by atoms with E-state index in [1.807, 2.05) is 54.6 Å². The third kappa shape index (κ3) is 4.55. The molecule has 1 unspecified atom stereocenters. The van der Waals surface area contributed by atoms with Gasteiger partial charge in [-0.05, 0) is 58.5 Å². The van der Waals surface area contributed by atoms with Crippen molar-refractivity contribution in [1.29, 1.82) is 0 Å². The van der Waals surface area contributed by atoms with Gasteiger partial charge in [-0.25, -0.2) is 19.9 Å². The van der Waals surface area contributed by atoms with Crippen molar-refractivity contribution in [3.63, 3.8) is 0 Å². The molecule has 3 aromatic rings. The van der Waals surface area contributed by atoms with Gasteiger partial charge in [0.25, 0.3) is 0 Å². The molecule has 0 bridgehead atoms. The van der Waals surface area contributed by atoms with Crippen LogP contribution in [0, 0.1) is 16.0 Å². The number of para-hydroxylation sites is 1. The molecule has 1 aliphatic heterocycles. The van der Waals surface area contributed by atoms with Crippen LogP contribution in [0.25, 0.3) is 0 Å². The third-order valence-corrected chi connectivity index (χ3v) is 5.83. The zero-order valence-corrected chi connectivity index (χ0v) is 18.4. The minimum absolute atomic E-state index is 0.0330. The average molecular weight is 444 g/mol. The number of amides is 2.